The second kappa shape index (κ2) is 7.38. The Morgan fingerprint density at radius 1 is 1.16 bits per heavy atom. The number of aliphatic hydroxyl groups is 1. The zero-order chi connectivity index (χ0) is 22.7. The van der Waals surface area contributed by atoms with E-state index in [2.05, 4.69) is 49.3 Å². The van der Waals surface area contributed by atoms with Crippen molar-refractivity contribution < 1.29 is 13.9 Å². The number of benzene rings is 2. The van der Waals surface area contributed by atoms with Gasteiger partial charge < -0.3 is 5.11 Å². The van der Waals surface area contributed by atoms with Gasteiger partial charge in [-0.05, 0) is 74.8 Å². The van der Waals surface area contributed by atoms with E-state index < -0.39 is 17.2 Å². The standard InChI is InChI=1S/C27H28F2N2O/c1-17-7-10-21(11-8-17)31-24-13-19-5-4-6-25(26(19,2)15-18(24)16-30-31)27(3,32)22-12-9-20(28)14-23(22)29/h7-14,16,25,32H,4-6,15H2,1-3H3/t25-,26-,27-/m0/s1. The van der Waals surface area contributed by atoms with Crippen molar-refractivity contribution in [2.24, 2.45) is 11.3 Å². The Kier molecular flexibility index (Phi) is 4.86. The maximum Gasteiger partial charge on any atom is 0.132 e. The summed E-state index contributed by atoms with van der Waals surface area (Å²) >= 11 is 0. The number of rotatable bonds is 3. The summed E-state index contributed by atoms with van der Waals surface area (Å²) in [5, 5.41) is 16.3. The van der Waals surface area contributed by atoms with E-state index in [4.69, 9.17) is 0 Å². The van der Waals surface area contributed by atoms with Gasteiger partial charge in [-0.1, -0.05) is 36.3 Å². The van der Waals surface area contributed by atoms with Gasteiger partial charge in [-0.25, -0.2) is 13.5 Å². The van der Waals surface area contributed by atoms with E-state index in [1.807, 2.05) is 10.9 Å². The van der Waals surface area contributed by atoms with Crippen LogP contribution in [0.1, 0.15) is 55.5 Å². The number of allylic oxidation sites excluding steroid dienone is 1. The second-order valence-electron chi connectivity index (χ2n) is 9.78. The van der Waals surface area contributed by atoms with Crippen LogP contribution >= 0.6 is 0 Å². The minimum Gasteiger partial charge on any atom is -0.385 e. The van der Waals surface area contributed by atoms with E-state index in [-0.39, 0.29) is 16.9 Å². The Morgan fingerprint density at radius 2 is 1.91 bits per heavy atom. The molecule has 3 atom stereocenters. The summed E-state index contributed by atoms with van der Waals surface area (Å²) < 4.78 is 30.2. The molecule has 1 heterocycles. The maximum absolute atomic E-state index is 14.7. The number of aromatic nitrogens is 2. The Morgan fingerprint density at radius 3 is 2.62 bits per heavy atom. The van der Waals surface area contributed by atoms with Gasteiger partial charge in [0.15, 0.2) is 0 Å². The molecule has 2 aromatic carbocycles. The first-order valence-corrected chi connectivity index (χ1v) is 11.2. The third-order valence-corrected chi connectivity index (χ3v) is 7.63. The third kappa shape index (κ3) is 3.22. The number of nitrogens with zero attached hydrogens (tertiary/aromatic N) is 2. The van der Waals surface area contributed by atoms with Gasteiger partial charge >= 0.3 is 0 Å². The van der Waals surface area contributed by atoms with Crippen molar-refractivity contribution in [2.75, 3.05) is 0 Å². The molecular formula is C27H28F2N2O. The fraction of sp³-hybridized carbons (Fsp3) is 0.370. The van der Waals surface area contributed by atoms with Gasteiger partial charge in [-0.15, -0.1) is 0 Å². The molecule has 0 spiro atoms. The lowest BCUT2D eigenvalue weighted by Gasteiger charge is -2.51. The first kappa shape index (κ1) is 21.1. The average molecular weight is 435 g/mol. The normalized spacial score (nSPS) is 24.3. The molecule has 1 fully saturated rings. The molecule has 0 saturated heterocycles. The first-order valence-electron chi connectivity index (χ1n) is 11.2. The van der Waals surface area contributed by atoms with Crippen molar-refractivity contribution in [3.05, 3.63) is 88.3 Å². The zero-order valence-electron chi connectivity index (χ0n) is 18.7. The van der Waals surface area contributed by atoms with Gasteiger partial charge in [0.05, 0.1) is 23.2 Å². The summed E-state index contributed by atoms with van der Waals surface area (Å²) in [6.45, 7) is 5.91. The first-order chi connectivity index (χ1) is 15.2. The molecule has 0 amide bonds. The molecule has 3 aromatic rings. The van der Waals surface area contributed by atoms with Crippen LogP contribution in [0.5, 0.6) is 0 Å². The fourth-order valence-electron chi connectivity index (χ4n) is 5.92. The molecule has 5 heteroatoms. The van der Waals surface area contributed by atoms with Crippen molar-refractivity contribution >= 4 is 6.08 Å². The zero-order valence-corrected chi connectivity index (χ0v) is 18.7. The fourth-order valence-corrected chi connectivity index (χ4v) is 5.92. The average Bonchev–Trinajstić information content (AvgIpc) is 3.13. The largest absolute Gasteiger partial charge is 0.385 e. The lowest BCUT2D eigenvalue weighted by molar-refractivity contribution is -0.0681. The van der Waals surface area contributed by atoms with Crippen LogP contribution in [0.15, 0.2) is 54.2 Å². The van der Waals surface area contributed by atoms with E-state index in [1.165, 1.54) is 23.3 Å². The van der Waals surface area contributed by atoms with E-state index in [0.29, 0.717) is 0 Å². The number of fused-ring (bicyclic) bond motifs is 2. The van der Waals surface area contributed by atoms with E-state index in [0.717, 1.165) is 48.7 Å². The molecule has 32 heavy (non-hydrogen) atoms. The Labute approximate surface area is 187 Å². The minimum absolute atomic E-state index is 0.160. The van der Waals surface area contributed by atoms with Gasteiger partial charge in [-0.3, -0.25) is 0 Å². The summed E-state index contributed by atoms with van der Waals surface area (Å²) in [7, 11) is 0. The highest BCUT2D eigenvalue weighted by Crippen LogP contribution is 2.56. The molecular weight excluding hydrogens is 406 g/mol. The maximum atomic E-state index is 14.7. The van der Waals surface area contributed by atoms with E-state index >= 15 is 0 Å². The number of aryl methyl sites for hydroxylation is 1. The summed E-state index contributed by atoms with van der Waals surface area (Å²) in [5.74, 6) is -1.53. The molecule has 2 aliphatic carbocycles. The molecule has 5 rings (SSSR count). The lowest BCUT2D eigenvalue weighted by atomic mass is 9.54. The van der Waals surface area contributed by atoms with Crippen molar-refractivity contribution in [3.63, 3.8) is 0 Å². The van der Waals surface area contributed by atoms with Gasteiger partial charge in [0, 0.05) is 17.5 Å². The number of hydrogen-bond donors (Lipinski definition) is 1. The summed E-state index contributed by atoms with van der Waals surface area (Å²) in [4.78, 5) is 0. The van der Waals surface area contributed by atoms with Crippen molar-refractivity contribution in [3.8, 4) is 5.69 Å². The molecule has 0 aliphatic heterocycles. The molecule has 1 aromatic heterocycles. The van der Waals surface area contributed by atoms with Crippen LogP contribution in [-0.4, -0.2) is 14.9 Å². The van der Waals surface area contributed by atoms with Crippen LogP contribution in [-0.2, 0) is 12.0 Å². The summed E-state index contributed by atoms with van der Waals surface area (Å²) in [6, 6.07) is 11.8. The summed E-state index contributed by atoms with van der Waals surface area (Å²) in [5.41, 5.74) is 4.09. The van der Waals surface area contributed by atoms with Crippen LogP contribution in [0.2, 0.25) is 0 Å². The molecule has 1 saturated carbocycles. The number of halogens is 2. The highest BCUT2D eigenvalue weighted by atomic mass is 19.1. The SMILES string of the molecule is Cc1ccc(-n2ncc3c2C=C2CCC[C@H]([C@@](C)(O)c4ccc(F)cc4F)[C@@]2(C)C3)cc1. The number of hydrogen-bond acceptors (Lipinski definition) is 2. The van der Waals surface area contributed by atoms with Crippen molar-refractivity contribution in [2.45, 2.75) is 52.1 Å². The third-order valence-electron chi connectivity index (χ3n) is 7.63. The topological polar surface area (TPSA) is 38.0 Å². The minimum atomic E-state index is -1.42. The quantitative estimate of drug-likeness (QED) is 0.540. The smallest absolute Gasteiger partial charge is 0.132 e. The van der Waals surface area contributed by atoms with Gasteiger partial charge in [0.1, 0.15) is 11.6 Å². The molecule has 0 unspecified atom stereocenters. The second-order valence-corrected chi connectivity index (χ2v) is 9.78. The van der Waals surface area contributed by atoms with Crippen LogP contribution in [0.3, 0.4) is 0 Å². The Hall–Kier alpha value is -2.79. The predicted molar refractivity (Wildman–Crippen MR) is 121 cm³/mol. The van der Waals surface area contributed by atoms with Gasteiger partial charge in [0.25, 0.3) is 0 Å². The highest BCUT2D eigenvalue weighted by molar-refractivity contribution is 5.61. The van der Waals surface area contributed by atoms with E-state index in [1.54, 1.807) is 6.92 Å². The van der Waals surface area contributed by atoms with Crippen molar-refractivity contribution in [1.82, 2.24) is 9.78 Å². The molecule has 2 aliphatic rings. The predicted octanol–water partition coefficient (Wildman–Crippen LogP) is 6.11. The Bertz CT molecular complexity index is 1210. The Balaban J connectivity index is 1.56. The lowest BCUT2D eigenvalue weighted by Crippen LogP contribution is -2.48. The molecule has 3 nitrogen and oxygen atoms in total. The highest BCUT2D eigenvalue weighted by Gasteiger charge is 2.51. The van der Waals surface area contributed by atoms with Crippen LogP contribution in [0, 0.1) is 29.9 Å². The molecule has 1 N–H and O–H groups in total. The molecule has 0 radical (unpaired) electrons. The summed E-state index contributed by atoms with van der Waals surface area (Å²) in [6.07, 6.45) is 7.48. The monoisotopic (exact) mass is 434 g/mol. The van der Waals surface area contributed by atoms with Gasteiger partial charge in [0.2, 0.25) is 0 Å². The van der Waals surface area contributed by atoms with Crippen molar-refractivity contribution in [1.29, 1.82) is 0 Å². The van der Waals surface area contributed by atoms with E-state index in [9.17, 15) is 13.9 Å². The molecule has 166 valence electrons. The van der Waals surface area contributed by atoms with Crippen LogP contribution < -0.4 is 0 Å². The van der Waals surface area contributed by atoms with Gasteiger partial charge in [-0.2, -0.15) is 5.10 Å². The van der Waals surface area contributed by atoms with Crippen LogP contribution in [0.4, 0.5) is 8.78 Å². The molecule has 0 bridgehead atoms. The van der Waals surface area contributed by atoms with Crippen LogP contribution in [0.25, 0.3) is 11.8 Å².